The summed E-state index contributed by atoms with van der Waals surface area (Å²) in [6.07, 6.45) is 0.0608. The molecular weight excluding hydrogens is 484 g/mol. The second-order valence-electron chi connectivity index (χ2n) is 7.74. The SMILES string of the molecule is CCOC(=O)CCC(NC(=O)c1ccc(SCc2ccc3nc(N)[nH]c(=O)c3c2)cc1)C(=O)OCC. The predicted octanol–water partition coefficient (Wildman–Crippen LogP) is 2.80. The number of nitrogens with two attached hydrogens (primary N) is 1. The van der Waals surface area contributed by atoms with Crippen LogP contribution >= 0.6 is 11.8 Å². The minimum Gasteiger partial charge on any atom is -0.466 e. The Labute approximate surface area is 212 Å². The van der Waals surface area contributed by atoms with E-state index < -0.39 is 23.9 Å². The lowest BCUT2D eigenvalue weighted by Gasteiger charge is -2.17. The van der Waals surface area contributed by atoms with Crippen molar-refractivity contribution in [3.8, 4) is 0 Å². The van der Waals surface area contributed by atoms with E-state index in [0.29, 0.717) is 22.2 Å². The molecule has 0 bridgehead atoms. The number of nitrogens with one attached hydrogen (secondary N) is 2. The number of thioether (sulfide) groups is 1. The van der Waals surface area contributed by atoms with Gasteiger partial charge in [-0.3, -0.25) is 19.4 Å². The van der Waals surface area contributed by atoms with E-state index in [4.69, 9.17) is 15.2 Å². The minimum atomic E-state index is -0.961. The second kappa shape index (κ2) is 12.7. The summed E-state index contributed by atoms with van der Waals surface area (Å²) in [5, 5.41) is 3.11. The van der Waals surface area contributed by atoms with Crippen LogP contribution in [0.1, 0.15) is 42.6 Å². The molecule has 1 unspecified atom stereocenters. The summed E-state index contributed by atoms with van der Waals surface area (Å²) < 4.78 is 9.92. The highest BCUT2D eigenvalue weighted by molar-refractivity contribution is 7.98. The zero-order valence-electron chi connectivity index (χ0n) is 20.0. The topological polar surface area (TPSA) is 153 Å². The van der Waals surface area contributed by atoms with Crippen LogP contribution in [0.25, 0.3) is 10.9 Å². The fourth-order valence-electron chi connectivity index (χ4n) is 3.39. The Morgan fingerprint density at radius 2 is 1.81 bits per heavy atom. The summed E-state index contributed by atoms with van der Waals surface area (Å²) in [5.74, 6) is -0.821. The lowest BCUT2D eigenvalue weighted by atomic mass is 10.1. The van der Waals surface area contributed by atoms with Crippen molar-refractivity contribution >= 4 is 46.5 Å². The molecule has 1 atom stereocenters. The fourth-order valence-corrected chi connectivity index (χ4v) is 4.23. The molecule has 1 amide bonds. The first-order valence-electron chi connectivity index (χ1n) is 11.4. The number of aromatic amines is 1. The number of nitrogens with zero attached hydrogens (tertiary/aromatic N) is 1. The molecule has 0 fully saturated rings. The Kier molecular flexibility index (Phi) is 9.46. The molecule has 0 spiro atoms. The van der Waals surface area contributed by atoms with Crippen LogP contribution in [0.3, 0.4) is 0 Å². The van der Waals surface area contributed by atoms with Crippen LogP contribution in [0, 0.1) is 0 Å². The number of amides is 1. The maximum Gasteiger partial charge on any atom is 0.328 e. The minimum absolute atomic E-state index is 0.0166. The van der Waals surface area contributed by atoms with Gasteiger partial charge in [-0.2, -0.15) is 0 Å². The average molecular weight is 513 g/mol. The molecular formula is C25H28N4O6S. The van der Waals surface area contributed by atoms with Crippen molar-refractivity contribution in [2.75, 3.05) is 18.9 Å². The third kappa shape index (κ3) is 7.32. The van der Waals surface area contributed by atoms with E-state index >= 15 is 0 Å². The summed E-state index contributed by atoms with van der Waals surface area (Å²) in [6.45, 7) is 3.76. The predicted molar refractivity (Wildman–Crippen MR) is 137 cm³/mol. The third-order valence-corrected chi connectivity index (χ3v) is 6.21. The molecule has 0 aliphatic rings. The Bertz CT molecular complexity index is 1290. The molecule has 4 N–H and O–H groups in total. The largest absolute Gasteiger partial charge is 0.466 e. The van der Waals surface area contributed by atoms with Crippen molar-refractivity contribution in [3.05, 3.63) is 63.9 Å². The monoisotopic (exact) mass is 512 g/mol. The van der Waals surface area contributed by atoms with Gasteiger partial charge in [-0.05, 0) is 62.2 Å². The number of benzene rings is 2. The highest BCUT2D eigenvalue weighted by Gasteiger charge is 2.24. The summed E-state index contributed by atoms with van der Waals surface area (Å²) in [6, 6.07) is 11.4. The molecule has 10 nitrogen and oxygen atoms in total. The molecule has 2 aromatic carbocycles. The molecule has 0 aliphatic carbocycles. The van der Waals surface area contributed by atoms with Crippen LogP contribution in [0.2, 0.25) is 0 Å². The number of carbonyl (C=O) groups is 3. The molecule has 0 saturated heterocycles. The van der Waals surface area contributed by atoms with Gasteiger partial charge >= 0.3 is 11.9 Å². The van der Waals surface area contributed by atoms with E-state index in [1.54, 1.807) is 50.2 Å². The zero-order chi connectivity index (χ0) is 26.1. The summed E-state index contributed by atoms with van der Waals surface area (Å²) in [4.78, 5) is 56.3. The van der Waals surface area contributed by atoms with E-state index in [1.165, 1.54) is 11.8 Å². The number of hydrogen-bond acceptors (Lipinski definition) is 9. The molecule has 1 aromatic heterocycles. The van der Waals surface area contributed by atoms with Gasteiger partial charge in [0.15, 0.2) is 0 Å². The van der Waals surface area contributed by atoms with Gasteiger partial charge < -0.3 is 20.5 Å². The van der Waals surface area contributed by atoms with E-state index in [1.807, 2.05) is 6.07 Å². The van der Waals surface area contributed by atoms with Crippen LogP contribution in [-0.4, -0.2) is 47.1 Å². The number of H-pyrrole nitrogens is 1. The molecule has 3 aromatic rings. The van der Waals surface area contributed by atoms with E-state index in [-0.39, 0.29) is 37.6 Å². The molecule has 0 saturated carbocycles. The van der Waals surface area contributed by atoms with Crippen molar-refractivity contribution in [2.24, 2.45) is 0 Å². The standard InChI is InChI=1S/C25H28N4O6S/c1-3-34-21(30)12-11-20(24(33)35-4-2)27-22(31)16-6-8-17(9-7-16)36-14-15-5-10-19-18(13-15)23(32)29-25(26)28-19/h5-10,13,20H,3-4,11-12,14H2,1-2H3,(H,27,31)(H3,26,28,29,32). The number of carbonyl (C=O) groups excluding carboxylic acids is 3. The van der Waals surface area contributed by atoms with Gasteiger partial charge in [0.1, 0.15) is 6.04 Å². The second-order valence-corrected chi connectivity index (χ2v) is 8.79. The third-order valence-electron chi connectivity index (χ3n) is 5.13. The van der Waals surface area contributed by atoms with Crippen molar-refractivity contribution < 1.29 is 23.9 Å². The number of aromatic nitrogens is 2. The van der Waals surface area contributed by atoms with Crippen LogP contribution in [-0.2, 0) is 24.8 Å². The molecule has 0 aliphatic heterocycles. The molecule has 0 radical (unpaired) electrons. The van der Waals surface area contributed by atoms with E-state index in [9.17, 15) is 19.2 Å². The van der Waals surface area contributed by atoms with Crippen LogP contribution < -0.4 is 16.6 Å². The summed E-state index contributed by atoms with van der Waals surface area (Å²) in [7, 11) is 0. The Hall–Kier alpha value is -3.86. The molecule has 36 heavy (non-hydrogen) atoms. The number of hydrogen-bond donors (Lipinski definition) is 3. The number of nitrogen functional groups attached to an aromatic ring is 1. The van der Waals surface area contributed by atoms with Gasteiger partial charge in [0.2, 0.25) is 5.95 Å². The highest BCUT2D eigenvalue weighted by Crippen LogP contribution is 2.24. The number of anilines is 1. The quantitative estimate of drug-likeness (QED) is 0.260. The highest BCUT2D eigenvalue weighted by atomic mass is 32.2. The number of rotatable bonds is 11. The number of esters is 2. The Balaban J connectivity index is 1.61. The molecule has 3 rings (SSSR count). The molecule has 1 heterocycles. The lowest BCUT2D eigenvalue weighted by molar-refractivity contribution is -0.146. The molecule has 11 heteroatoms. The average Bonchev–Trinajstić information content (AvgIpc) is 2.85. The van der Waals surface area contributed by atoms with Gasteiger partial charge in [-0.15, -0.1) is 11.8 Å². The summed E-state index contributed by atoms with van der Waals surface area (Å²) in [5.41, 5.74) is 7.13. The maximum absolute atomic E-state index is 12.7. The first-order valence-corrected chi connectivity index (χ1v) is 12.4. The van der Waals surface area contributed by atoms with Crippen molar-refractivity contribution in [1.29, 1.82) is 0 Å². The van der Waals surface area contributed by atoms with Crippen molar-refractivity contribution in [1.82, 2.24) is 15.3 Å². The van der Waals surface area contributed by atoms with Crippen molar-refractivity contribution in [2.45, 2.75) is 43.4 Å². The van der Waals surface area contributed by atoms with Crippen LogP contribution in [0.15, 0.2) is 52.2 Å². The first kappa shape index (κ1) is 26.7. The Morgan fingerprint density at radius 3 is 2.50 bits per heavy atom. The van der Waals surface area contributed by atoms with Gasteiger partial charge in [-0.1, -0.05) is 6.07 Å². The number of fused-ring (bicyclic) bond motifs is 1. The first-order chi connectivity index (χ1) is 17.3. The normalized spacial score (nSPS) is 11.6. The molecule has 190 valence electrons. The van der Waals surface area contributed by atoms with Gasteiger partial charge in [0.05, 0.1) is 24.1 Å². The smallest absolute Gasteiger partial charge is 0.328 e. The lowest BCUT2D eigenvalue weighted by Crippen LogP contribution is -2.42. The van der Waals surface area contributed by atoms with Crippen molar-refractivity contribution in [3.63, 3.8) is 0 Å². The van der Waals surface area contributed by atoms with E-state index in [0.717, 1.165) is 10.5 Å². The number of ether oxygens (including phenoxy) is 2. The van der Waals surface area contributed by atoms with Gasteiger partial charge in [0.25, 0.3) is 11.5 Å². The summed E-state index contributed by atoms with van der Waals surface area (Å²) >= 11 is 1.54. The van der Waals surface area contributed by atoms with Gasteiger partial charge in [0, 0.05) is 22.6 Å². The van der Waals surface area contributed by atoms with E-state index in [2.05, 4.69) is 15.3 Å². The van der Waals surface area contributed by atoms with Crippen LogP contribution in [0.4, 0.5) is 5.95 Å². The zero-order valence-corrected chi connectivity index (χ0v) is 20.9. The van der Waals surface area contributed by atoms with Gasteiger partial charge in [-0.25, -0.2) is 9.78 Å². The van der Waals surface area contributed by atoms with Crippen LogP contribution in [0.5, 0.6) is 0 Å². The Morgan fingerprint density at radius 1 is 1.08 bits per heavy atom. The maximum atomic E-state index is 12.7. The fraction of sp³-hybridized carbons (Fsp3) is 0.320.